The third-order valence-electron chi connectivity index (χ3n) is 4.93. The molecule has 0 aromatic heterocycles. The van der Waals surface area contributed by atoms with E-state index in [1.54, 1.807) is 12.1 Å². The van der Waals surface area contributed by atoms with Gasteiger partial charge in [0, 0.05) is 19.6 Å². The maximum Gasteiger partial charge on any atom is 0.244 e. The van der Waals surface area contributed by atoms with E-state index >= 15 is 0 Å². The topological polar surface area (TPSA) is 67.9 Å². The number of morpholine rings is 1. The number of aryl methyl sites for hydroxylation is 2. The van der Waals surface area contributed by atoms with Gasteiger partial charge in [-0.05, 0) is 37.1 Å². The second-order valence-corrected chi connectivity index (χ2v) is 8.83. The molecule has 2 aromatic carbocycles. The van der Waals surface area contributed by atoms with Crippen LogP contribution in [0.4, 0.5) is 0 Å². The highest BCUT2D eigenvalue weighted by Crippen LogP contribution is 2.27. The lowest BCUT2D eigenvalue weighted by atomic mass is 10.1. The molecule has 0 bridgehead atoms. The summed E-state index contributed by atoms with van der Waals surface area (Å²) < 4.78 is 40.1. The van der Waals surface area contributed by atoms with E-state index in [0.717, 1.165) is 29.8 Å². The van der Waals surface area contributed by atoms with Crippen LogP contribution in [0.25, 0.3) is 0 Å². The van der Waals surface area contributed by atoms with E-state index in [4.69, 9.17) is 9.47 Å². The zero-order chi connectivity index (χ0) is 20.1. The van der Waals surface area contributed by atoms with Crippen LogP contribution in [0, 0.1) is 13.8 Å². The van der Waals surface area contributed by atoms with Gasteiger partial charge >= 0.3 is 0 Å². The Bertz CT molecular complexity index is 891. The Balaban J connectivity index is 1.91. The molecule has 0 amide bonds. The number of rotatable bonds is 7. The molecule has 7 heteroatoms. The van der Waals surface area contributed by atoms with Crippen molar-refractivity contribution in [1.82, 2.24) is 9.62 Å². The van der Waals surface area contributed by atoms with Gasteiger partial charge in [-0.3, -0.25) is 4.90 Å². The number of sulfonamides is 1. The summed E-state index contributed by atoms with van der Waals surface area (Å²) in [5.74, 6) is 0.340. The molecule has 0 radical (unpaired) electrons. The number of hydrogen-bond acceptors (Lipinski definition) is 5. The van der Waals surface area contributed by atoms with Crippen LogP contribution in [0.1, 0.15) is 22.7 Å². The number of nitrogens with one attached hydrogen (secondary N) is 1. The Labute approximate surface area is 167 Å². The smallest absolute Gasteiger partial charge is 0.244 e. The minimum Gasteiger partial charge on any atom is -0.495 e. The van der Waals surface area contributed by atoms with Crippen LogP contribution in [-0.2, 0) is 14.8 Å². The summed E-state index contributed by atoms with van der Waals surface area (Å²) in [6.45, 7) is 7.37. The molecule has 0 unspecified atom stereocenters. The molecule has 1 atom stereocenters. The molecule has 0 aliphatic carbocycles. The molecule has 1 aliphatic heterocycles. The molecule has 152 valence electrons. The Morgan fingerprint density at radius 2 is 1.71 bits per heavy atom. The van der Waals surface area contributed by atoms with Gasteiger partial charge in [0.15, 0.2) is 0 Å². The molecule has 2 aromatic rings. The summed E-state index contributed by atoms with van der Waals surface area (Å²) in [6, 6.07) is 12.8. The van der Waals surface area contributed by atoms with E-state index in [2.05, 4.69) is 9.62 Å². The zero-order valence-corrected chi connectivity index (χ0v) is 17.5. The minimum absolute atomic E-state index is 0.161. The number of methoxy groups -OCH3 is 1. The van der Waals surface area contributed by atoms with Crippen molar-refractivity contribution in [3.8, 4) is 5.75 Å². The lowest BCUT2D eigenvalue weighted by molar-refractivity contribution is 0.0345. The summed E-state index contributed by atoms with van der Waals surface area (Å²) in [5, 5.41) is 0. The largest absolute Gasteiger partial charge is 0.495 e. The van der Waals surface area contributed by atoms with Crippen molar-refractivity contribution in [2.75, 3.05) is 40.0 Å². The first-order chi connectivity index (χ1) is 13.4. The van der Waals surface area contributed by atoms with Crippen molar-refractivity contribution < 1.29 is 17.9 Å². The second kappa shape index (κ2) is 9.05. The van der Waals surface area contributed by atoms with Gasteiger partial charge in [-0.2, -0.15) is 0 Å². The molecule has 1 aliphatic rings. The van der Waals surface area contributed by atoms with E-state index in [1.165, 1.54) is 7.11 Å². The SMILES string of the molecule is COc1ccc(C)cc1S(=O)(=O)N[C@H](CN1CCOCC1)c1ccc(C)cc1. The maximum atomic E-state index is 13.2. The van der Waals surface area contributed by atoms with Crippen molar-refractivity contribution in [3.63, 3.8) is 0 Å². The summed E-state index contributed by atoms with van der Waals surface area (Å²) in [7, 11) is -2.29. The van der Waals surface area contributed by atoms with Gasteiger partial charge in [-0.15, -0.1) is 0 Å². The van der Waals surface area contributed by atoms with Crippen molar-refractivity contribution in [2.45, 2.75) is 24.8 Å². The summed E-state index contributed by atoms with van der Waals surface area (Å²) in [5.41, 5.74) is 2.94. The highest BCUT2D eigenvalue weighted by atomic mass is 32.2. The molecule has 0 spiro atoms. The molecule has 6 nitrogen and oxygen atoms in total. The third kappa shape index (κ3) is 5.11. The number of benzene rings is 2. The van der Waals surface area contributed by atoms with Gasteiger partial charge in [0.05, 0.1) is 26.4 Å². The van der Waals surface area contributed by atoms with Gasteiger partial charge in [0.2, 0.25) is 10.0 Å². The normalized spacial score (nSPS) is 16.7. The van der Waals surface area contributed by atoms with Crippen LogP contribution in [-0.4, -0.2) is 53.3 Å². The lowest BCUT2D eigenvalue weighted by Crippen LogP contribution is -2.43. The van der Waals surface area contributed by atoms with Gasteiger partial charge in [0.1, 0.15) is 10.6 Å². The number of hydrogen-bond donors (Lipinski definition) is 1. The number of nitrogens with zero attached hydrogens (tertiary/aromatic N) is 1. The Morgan fingerprint density at radius 1 is 1.07 bits per heavy atom. The Kier molecular flexibility index (Phi) is 6.72. The fraction of sp³-hybridized carbons (Fsp3) is 0.429. The first kappa shape index (κ1) is 20.8. The third-order valence-corrected chi connectivity index (χ3v) is 6.42. The predicted octanol–water partition coefficient (Wildman–Crippen LogP) is 2.66. The van der Waals surface area contributed by atoms with Crippen LogP contribution in [0.15, 0.2) is 47.4 Å². The molecule has 1 fully saturated rings. The van der Waals surface area contributed by atoms with Crippen molar-refractivity contribution in [3.05, 3.63) is 59.2 Å². The van der Waals surface area contributed by atoms with Crippen molar-refractivity contribution >= 4 is 10.0 Å². The summed E-state index contributed by atoms with van der Waals surface area (Å²) in [4.78, 5) is 2.39. The zero-order valence-electron chi connectivity index (χ0n) is 16.6. The lowest BCUT2D eigenvalue weighted by Gasteiger charge is -2.31. The standard InChI is InChI=1S/C21H28N2O4S/c1-16-4-7-18(8-5-16)19(15-23-10-12-27-13-11-23)22-28(24,25)21-14-17(2)6-9-20(21)26-3/h4-9,14,19,22H,10-13,15H2,1-3H3/t19-/m1/s1. The van der Waals surface area contributed by atoms with Crippen molar-refractivity contribution in [1.29, 1.82) is 0 Å². The Morgan fingerprint density at radius 3 is 2.36 bits per heavy atom. The van der Waals surface area contributed by atoms with Gasteiger partial charge in [-0.25, -0.2) is 13.1 Å². The average Bonchev–Trinajstić information content (AvgIpc) is 2.69. The molecule has 1 heterocycles. The van der Waals surface area contributed by atoms with Gasteiger partial charge in [-0.1, -0.05) is 35.9 Å². The molecule has 0 saturated carbocycles. The Hall–Kier alpha value is -1.93. The first-order valence-electron chi connectivity index (χ1n) is 9.42. The van der Waals surface area contributed by atoms with E-state index < -0.39 is 10.0 Å². The quantitative estimate of drug-likeness (QED) is 0.768. The molecular formula is C21H28N2O4S. The molecule has 1 saturated heterocycles. The van der Waals surface area contributed by atoms with Crippen LogP contribution < -0.4 is 9.46 Å². The van der Waals surface area contributed by atoms with Crippen molar-refractivity contribution in [2.24, 2.45) is 0 Å². The van der Waals surface area contributed by atoms with E-state index in [1.807, 2.05) is 44.2 Å². The van der Waals surface area contributed by atoms with Gasteiger partial charge in [0.25, 0.3) is 0 Å². The van der Waals surface area contributed by atoms with E-state index in [9.17, 15) is 8.42 Å². The minimum atomic E-state index is -3.77. The van der Waals surface area contributed by atoms with Gasteiger partial charge < -0.3 is 9.47 Å². The second-order valence-electron chi connectivity index (χ2n) is 7.15. The highest BCUT2D eigenvalue weighted by molar-refractivity contribution is 7.89. The van der Waals surface area contributed by atoms with Crippen LogP contribution in [0.5, 0.6) is 5.75 Å². The molecular weight excluding hydrogens is 376 g/mol. The fourth-order valence-electron chi connectivity index (χ4n) is 3.30. The van der Waals surface area contributed by atoms with E-state index in [-0.39, 0.29) is 10.9 Å². The van der Waals surface area contributed by atoms with Crippen LogP contribution >= 0.6 is 0 Å². The maximum absolute atomic E-state index is 13.2. The highest BCUT2D eigenvalue weighted by Gasteiger charge is 2.27. The number of ether oxygens (including phenoxy) is 2. The molecule has 3 rings (SSSR count). The van der Waals surface area contributed by atoms with Crippen LogP contribution in [0.2, 0.25) is 0 Å². The molecule has 1 N–H and O–H groups in total. The molecule has 28 heavy (non-hydrogen) atoms. The predicted molar refractivity (Wildman–Crippen MR) is 109 cm³/mol. The van der Waals surface area contributed by atoms with E-state index in [0.29, 0.717) is 25.5 Å². The average molecular weight is 405 g/mol. The van der Waals surface area contributed by atoms with Crippen LogP contribution in [0.3, 0.4) is 0 Å². The fourth-order valence-corrected chi connectivity index (χ4v) is 4.77. The summed E-state index contributed by atoms with van der Waals surface area (Å²) >= 11 is 0. The first-order valence-corrected chi connectivity index (χ1v) is 10.9. The monoisotopic (exact) mass is 404 g/mol. The summed E-state index contributed by atoms with van der Waals surface area (Å²) in [6.07, 6.45) is 0.